The lowest BCUT2D eigenvalue weighted by atomic mass is 10.1. The first-order valence-corrected chi connectivity index (χ1v) is 3.85. The first-order valence-electron chi connectivity index (χ1n) is 5.25. The molecule has 0 bridgehead atoms. The van der Waals surface area contributed by atoms with E-state index in [0.29, 0.717) is 12.8 Å². The summed E-state index contributed by atoms with van der Waals surface area (Å²) in [5.74, 6) is -1.54. The number of amides is 2. The van der Waals surface area contributed by atoms with Gasteiger partial charge in [0.05, 0.1) is 1.37 Å². The highest BCUT2D eigenvalue weighted by atomic mass is 16.4. The molecule has 0 aromatic carbocycles. The molecule has 6 heteroatoms. The Morgan fingerprint density at radius 1 is 1.62 bits per heavy atom. The van der Waals surface area contributed by atoms with Crippen LogP contribution in [0, 0.1) is 0 Å². The molecule has 0 aromatic heterocycles. The van der Waals surface area contributed by atoms with Crippen molar-refractivity contribution in [1.29, 1.82) is 0 Å². The van der Waals surface area contributed by atoms with Crippen molar-refractivity contribution in [1.82, 2.24) is 5.32 Å². The van der Waals surface area contributed by atoms with Gasteiger partial charge in [0.25, 0.3) is 0 Å². The van der Waals surface area contributed by atoms with Gasteiger partial charge in [-0.25, -0.2) is 4.79 Å². The van der Waals surface area contributed by atoms with Crippen molar-refractivity contribution in [3.63, 3.8) is 0 Å². The molecule has 0 fully saturated rings. The van der Waals surface area contributed by atoms with Crippen LogP contribution in [0.2, 0.25) is 2.82 Å². The van der Waals surface area contributed by atoms with E-state index in [1.807, 2.05) is 0 Å². The summed E-state index contributed by atoms with van der Waals surface area (Å²) in [6, 6.07) is -2.94. The van der Waals surface area contributed by atoms with Crippen LogP contribution in [0.15, 0.2) is 0 Å². The molecule has 0 aliphatic rings. The van der Waals surface area contributed by atoms with Gasteiger partial charge in [0.2, 0.25) is 0 Å². The summed E-state index contributed by atoms with van der Waals surface area (Å²) in [4.78, 5) is 21.0. The summed E-state index contributed by atoms with van der Waals surface area (Å²) in [5, 5.41) is 11.0. The first kappa shape index (κ1) is 7.14. The number of hydrogen-bond acceptors (Lipinski definition) is 3. The molecule has 1 atom stereocenters. The zero-order chi connectivity index (χ0) is 12.8. The van der Waals surface area contributed by atoms with Crippen molar-refractivity contribution in [2.24, 2.45) is 11.5 Å². The molecule has 0 aliphatic heterocycles. The number of carboxylic acid groups (broad SMARTS) is 1. The fourth-order valence-electron chi connectivity index (χ4n) is 0.736. The molecule has 6 nitrogen and oxygen atoms in total. The highest BCUT2D eigenvalue weighted by Gasteiger charge is 2.09. The van der Waals surface area contributed by atoms with Crippen molar-refractivity contribution in [3.05, 3.63) is 0 Å². The average molecular weight is 192 g/mol. The number of unbranched alkanes of at least 4 members (excludes halogenated alkanes) is 1. The van der Waals surface area contributed by atoms with Gasteiger partial charge in [0.1, 0.15) is 8.84 Å². The minimum atomic E-state index is -2.27. The number of carboxylic acids is 1. The molecule has 2 amide bonds. The molecule has 0 unspecified atom stereocenters. The molecule has 0 radical (unpaired) electrons. The van der Waals surface area contributed by atoms with Gasteiger partial charge in [-0.3, -0.25) is 4.79 Å². The second-order valence-corrected chi connectivity index (χ2v) is 2.50. The van der Waals surface area contributed by atoms with Gasteiger partial charge >= 0.3 is 12.0 Å². The number of hydrogen-bond donors (Lipinski definition) is 4. The van der Waals surface area contributed by atoms with Crippen molar-refractivity contribution in [3.8, 4) is 0 Å². The Balaban J connectivity index is 3.96. The van der Waals surface area contributed by atoms with Crippen molar-refractivity contribution in [2.75, 3.05) is 6.54 Å². The van der Waals surface area contributed by atoms with E-state index in [1.54, 1.807) is 0 Å². The first-order chi connectivity index (χ1) is 7.30. The van der Waals surface area contributed by atoms with Gasteiger partial charge in [-0.15, -0.1) is 0 Å². The Bertz CT molecular complexity index is 265. The average Bonchev–Trinajstić information content (AvgIpc) is 2.15. The summed E-state index contributed by atoms with van der Waals surface area (Å²) in [6.45, 7) is 0.279. The SMILES string of the molecule is [2H]N([2H])[C@@]([2H])(CCCCNC(N)=O)C(=O)O. The number of rotatable bonds is 7. The number of carbonyl (C=O) groups is 2. The minimum absolute atomic E-state index is 0.142. The Kier molecular flexibility index (Phi) is 3.43. The molecular weight excluding hydrogens is 174 g/mol. The lowest BCUT2D eigenvalue weighted by Crippen LogP contribution is -2.31. The zero-order valence-corrected chi connectivity index (χ0v) is 7.12. The number of primary amides is 1. The Morgan fingerprint density at radius 2 is 2.31 bits per heavy atom. The molecular formula is C7H15N3O3. The van der Waals surface area contributed by atoms with Gasteiger partial charge < -0.3 is 21.9 Å². The normalized spacial score (nSPS) is 18.1. The monoisotopic (exact) mass is 192 g/mol. The van der Waals surface area contributed by atoms with Gasteiger partial charge in [0, 0.05) is 6.54 Å². The van der Waals surface area contributed by atoms with Crippen LogP contribution in [0.1, 0.15) is 20.6 Å². The summed E-state index contributed by atoms with van der Waals surface area (Å²) in [5.41, 5.74) is 4.67. The summed E-state index contributed by atoms with van der Waals surface area (Å²) in [7, 11) is 0. The van der Waals surface area contributed by atoms with E-state index in [9.17, 15) is 9.59 Å². The fraction of sp³-hybridized carbons (Fsp3) is 0.714. The van der Waals surface area contributed by atoms with E-state index in [0.717, 1.165) is 0 Å². The van der Waals surface area contributed by atoms with E-state index < -0.39 is 18.0 Å². The molecule has 0 aromatic rings. The molecule has 0 saturated carbocycles. The fourth-order valence-corrected chi connectivity index (χ4v) is 0.736. The standard InChI is InChI=1S/C7H15N3O3/c8-5(6(11)12)3-1-2-4-10-7(9)13/h5H,1-4,8H2,(H,11,12)(H3,9,10,13)/t5-/m0/s1/i5D/hD2. The molecule has 6 N–H and O–H groups in total. The van der Waals surface area contributed by atoms with Gasteiger partial charge in [-0.1, -0.05) is 0 Å². The van der Waals surface area contributed by atoms with Crippen LogP contribution < -0.4 is 16.8 Å². The molecule has 76 valence electrons. The Labute approximate surface area is 80.6 Å². The topological polar surface area (TPSA) is 118 Å². The highest BCUT2D eigenvalue weighted by molar-refractivity contribution is 5.73. The predicted molar refractivity (Wildman–Crippen MR) is 47.0 cm³/mol. The van der Waals surface area contributed by atoms with Crippen molar-refractivity contribution in [2.45, 2.75) is 25.3 Å². The predicted octanol–water partition coefficient (Wildman–Crippen LogP) is -0.763. The Hall–Kier alpha value is -1.30. The molecule has 0 spiro atoms. The van der Waals surface area contributed by atoms with Gasteiger partial charge in [-0.2, -0.15) is 0 Å². The molecule has 13 heavy (non-hydrogen) atoms. The second-order valence-electron chi connectivity index (χ2n) is 2.50. The lowest BCUT2D eigenvalue weighted by molar-refractivity contribution is -0.138. The molecule has 0 heterocycles. The van der Waals surface area contributed by atoms with E-state index >= 15 is 0 Å². The number of urea groups is 1. The zero-order valence-electron chi connectivity index (χ0n) is 10.1. The van der Waals surface area contributed by atoms with E-state index in [-0.39, 0.29) is 18.7 Å². The van der Waals surface area contributed by atoms with Crippen LogP contribution in [-0.4, -0.2) is 29.7 Å². The van der Waals surface area contributed by atoms with Crippen molar-refractivity contribution >= 4 is 12.0 Å². The van der Waals surface area contributed by atoms with Crippen LogP contribution in [-0.2, 0) is 4.79 Å². The maximum Gasteiger partial charge on any atom is 0.320 e. The third-order valence-electron chi connectivity index (χ3n) is 1.39. The van der Waals surface area contributed by atoms with Gasteiger partial charge in [-0.05, 0) is 19.3 Å². The third kappa shape index (κ3) is 7.07. The lowest BCUT2D eigenvalue weighted by Gasteiger charge is -2.05. The van der Waals surface area contributed by atoms with Gasteiger partial charge in [0.15, 0.2) is 0 Å². The smallest absolute Gasteiger partial charge is 0.320 e. The number of carbonyl (C=O) groups excluding carboxylic acids is 1. The van der Waals surface area contributed by atoms with Crippen molar-refractivity contribution < 1.29 is 18.9 Å². The van der Waals surface area contributed by atoms with E-state index in [4.69, 9.17) is 15.0 Å². The molecule has 0 saturated heterocycles. The third-order valence-corrected chi connectivity index (χ3v) is 1.39. The van der Waals surface area contributed by atoms with Crippen LogP contribution >= 0.6 is 0 Å². The maximum absolute atomic E-state index is 10.7. The van der Waals surface area contributed by atoms with Crippen LogP contribution in [0.5, 0.6) is 0 Å². The van der Waals surface area contributed by atoms with E-state index in [2.05, 4.69) is 5.32 Å². The molecule has 0 aliphatic carbocycles. The minimum Gasteiger partial charge on any atom is -0.480 e. The second kappa shape index (κ2) is 6.24. The highest BCUT2D eigenvalue weighted by Crippen LogP contribution is 1.97. The number of nitrogens with two attached hydrogens (primary N) is 2. The number of aliphatic carboxylic acids is 1. The Morgan fingerprint density at radius 3 is 2.77 bits per heavy atom. The summed E-state index contributed by atoms with van der Waals surface area (Å²) >= 11 is 0. The summed E-state index contributed by atoms with van der Waals surface area (Å²) < 4.78 is 21.1. The molecule has 0 rings (SSSR count). The van der Waals surface area contributed by atoms with Crippen LogP contribution in [0.25, 0.3) is 0 Å². The van der Waals surface area contributed by atoms with Crippen LogP contribution in [0.4, 0.5) is 4.79 Å². The van der Waals surface area contributed by atoms with Crippen LogP contribution in [0.3, 0.4) is 0 Å². The number of nitrogens with one attached hydrogen (secondary N) is 1. The quantitative estimate of drug-likeness (QED) is 0.396. The largest absolute Gasteiger partial charge is 0.480 e. The summed E-state index contributed by atoms with van der Waals surface area (Å²) in [6.07, 6.45) is 0.560. The maximum atomic E-state index is 10.7. The van der Waals surface area contributed by atoms with E-state index in [1.165, 1.54) is 0 Å².